The molecule has 0 radical (unpaired) electrons. The minimum atomic E-state index is -0.699. The number of benzene rings is 1. The van der Waals surface area contributed by atoms with Crippen molar-refractivity contribution < 1.29 is 28.7 Å². The van der Waals surface area contributed by atoms with Crippen LogP contribution in [0, 0.1) is 0 Å². The summed E-state index contributed by atoms with van der Waals surface area (Å²) in [6.45, 7) is 5.26. The molecule has 30 heavy (non-hydrogen) atoms. The van der Waals surface area contributed by atoms with Gasteiger partial charge in [-0.2, -0.15) is 0 Å². The summed E-state index contributed by atoms with van der Waals surface area (Å²) >= 11 is 0. The van der Waals surface area contributed by atoms with Gasteiger partial charge in [-0.15, -0.1) is 0 Å². The van der Waals surface area contributed by atoms with Crippen molar-refractivity contribution in [2.75, 3.05) is 38.3 Å². The summed E-state index contributed by atoms with van der Waals surface area (Å²) in [7, 11) is 1.46. The summed E-state index contributed by atoms with van der Waals surface area (Å²) < 4.78 is 10.3. The topological polar surface area (TPSA) is 105 Å². The van der Waals surface area contributed by atoms with Gasteiger partial charge in [-0.05, 0) is 51.5 Å². The number of carbonyl (C=O) groups is 4. The maximum absolute atomic E-state index is 12.0. The molecule has 1 aromatic rings. The average molecular weight is 419 g/mol. The number of nitrogens with zero attached hydrogens (tertiary/aromatic N) is 2. The first-order chi connectivity index (χ1) is 14.0. The molecule has 3 amide bonds. The summed E-state index contributed by atoms with van der Waals surface area (Å²) in [4.78, 5) is 50.3. The van der Waals surface area contributed by atoms with Gasteiger partial charge < -0.3 is 24.6 Å². The molecule has 1 aliphatic rings. The van der Waals surface area contributed by atoms with Gasteiger partial charge >= 0.3 is 5.97 Å². The Morgan fingerprint density at radius 3 is 2.37 bits per heavy atom. The maximum Gasteiger partial charge on any atom is 0.344 e. The Balaban J connectivity index is 1.71. The van der Waals surface area contributed by atoms with Crippen LogP contribution in [0.2, 0.25) is 0 Å². The van der Waals surface area contributed by atoms with E-state index in [1.807, 2.05) is 20.8 Å². The molecule has 1 heterocycles. The van der Waals surface area contributed by atoms with Gasteiger partial charge in [0.05, 0.1) is 6.54 Å². The second-order valence-electron chi connectivity index (χ2n) is 8.14. The lowest BCUT2D eigenvalue weighted by atomic mass is 10.1. The predicted molar refractivity (Wildman–Crippen MR) is 110 cm³/mol. The monoisotopic (exact) mass is 419 g/mol. The van der Waals surface area contributed by atoms with E-state index in [0.29, 0.717) is 18.7 Å². The Bertz CT molecular complexity index is 785. The summed E-state index contributed by atoms with van der Waals surface area (Å²) in [6, 6.07) is 6.85. The summed E-state index contributed by atoms with van der Waals surface area (Å²) in [5.74, 6) is -0.948. The fraction of sp³-hybridized carbons (Fsp3) is 0.524. The fourth-order valence-corrected chi connectivity index (χ4v) is 2.84. The zero-order valence-corrected chi connectivity index (χ0v) is 17.9. The van der Waals surface area contributed by atoms with Gasteiger partial charge in [0.15, 0.2) is 13.2 Å². The number of carbonyl (C=O) groups excluding carboxylic acids is 4. The van der Waals surface area contributed by atoms with Crippen LogP contribution in [0.5, 0.6) is 5.75 Å². The minimum Gasteiger partial charge on any atom is -0.482 e. The largest absolute Gasteiger partial charge is 0.482 e. The highest BCUT2D eigenvalue weighted by atomic mass is 16.6. The predicted octanol–water partition coefficient (Wildman–Crippen LogP) is 1.11. The fourth-order valence-electron chi connectivity index (χ4n) is 2.84. The molecule has 9 heteroatoms. The number of amides is 3. The number of hydrogen-bond donors (Lipinski definition) is 1. The number of hydrogen-bond acceptors (Lipinski definition) is 6. The van der Waals surface area contributed by atoms with Crippen molar-refractivity contribution in [1.82, 2.24) is 10.2 Å². The van der Waals surface area contributed by atoms with E-state index in [4.69, 9.17) is 9.47 Å². The molecule has 1 aromatic carbocycles. The number of esters is 1. The number of likely N-dealkylation sites (N-methyl/N-ethyl adjacent to an activating group) is 1. The molecule has 9 nitrogen and oxygen atoms in total. The minimum absolute atomic E-state index is 0.0952. The Morgan fingerprint density at radius 2 is 1.80 bits per heavy atom. The lowest BCUT2D eigenvalue weighted by Crippen LogP contribution is -2.47. The van der Waals surface area contributed by atoms with Crippen molar-refractivity contribution in [3.8, 4) is 5.75 Å². The van der Waals surface area contributed by atoms with Gasteiger partial charge in [-0.1, -0.05) is 0 Å². The maximum atomic E-state index is 12.0. The van der Waals surface area contributed by atoms with Crippen LogP contribution in [0.4, 0.5) is 5.69 Å². The van der Waals surface area contributed by atoms with Crippen LogP contribution in [0.15, 0.2) is 24.3 Å². The highest BCUT2D eigenvalue weighted by Crippen LogP contribution is 2.23. The van der Waals surface area contributed by atoms with Crippen LogP contribution in [-0.4, -0.2) is 67.5 Å². The Morgan fingerprint density at radius 1 is 1.13 bits per heavy atom. The number of rotatable bonds is 8. The van der Waals surface area contributed by atoms with Gasteiger partial charge in [0.2, 0.25) is 11.8 Å². The molecule has 0 aliphatic carbocycles. The van der Waals surface area contributed by atoms with E-state index in [1.165, 1.54) is 11.9 Å². The first-order valence-corrected chi connectivity index (χ1v) is 9.79. The molecule has 0 saturated carbocycles. The Hall–Kier alpha value is -3.10. The molecule has 0 aromatic heterocycles. The zero-order valence-electron chi connectivity index (χ0n) is 17.9. The second-order valence-corrected chi connectivity index (χ2v) is 8.14. The van der Waals surface area contributed by atoms with E-state index >= 15 is 0 Å². The lowest BCUT2D eigenvalue weighted by molar-refractivity contribution is -0.153. The molecule has 1 aliphatic heterocycles. The van der Waals surface area contributed by atoms with E-state index in [9.17, 15) is 19.2 Å². The normalized spacial score (nSPS) is 13.7. The summed E-state index contributed by atoms with van der Waals surface area (Å²) in [5.41, 5.74) is 0.393. The molecular weight excluding hydrogens is 390 g/mol. The van der Waals surface area contributed by atoms with Gasteiger partial charge in [-0.3, -0.25) is 14.4 Å². The van der Waals surface area contributed by atoms with Crippen molar-refractivity contribution in [1.29, 1.82) is 0 Å². The zero-order chi connectivity index (χ0) is 22.3. The average Bonchev–Trinajstić information content (AvgIpc) is 3.09. The molecule has 0 atom stereocenters. The summed E-state index contributed by atoms with van der Waals surface area (Å²) in [6.07, 6.45) is 1.40. The van der Waals surface area contributed by atoms with Gasteiger partial charge in [0, 0.05) is 31.2 Å². The van der Waals surface area contributed by atoms with E-state index in [2.05, 4.69) is 5.32 Å². The van der Waals surface area contributed by atoms with E-state index in [1.54, 1.807) is 29.2 Å². The van der Waals surface area contributed by atoms with Gasteiger partial charge in [0.25, 0.3) is 5.91 Å². The molecule has 0 bridgehead atoms. The molecule has 1 N–H and O–H groups in total. The smallest absolute Gasteiger partial charge is 0.344 e. The van der Waals surface area contributed by atoms with E-state index < -0.39 is 24.0 Å². The van der Waals surface area contributed by atoms with Crippen LogP contribution >= 0.6 is 0 Å². The van der Waals surface area contributed by atoms with Crippen LogP contribution in [0.1, 0.15) is 33.6 Å². The standard InChI is InChI=1S/C21H29N3O6/c1-21(2,3)22-17(25)12-23(4)19(27)13-30-20(28)14-29-16-9-7-15(8-10-16)24-11-5-6-18(24)26/h7-10H,5-6,11-14H2,1-4H3,(H,22,25). The Labute approximate surface area is 176 Å². The van der Waals surface area contributed by atoms with E-state index in [-0.39, 0.29) is 25.0 Å². The van der Waals surface area contributed by atoms with Crippen molar-refractivity contribution in [3.63, 3.8) is 0 Å². The van der Waals surface area contributed by atoms with Crippen molar-refractivity contribution >= 4 is 29.4 Å². The molecule has 1 saturated heterocycles. The lowest BCUT2D eigenvalue weighted by Gasteiger charge is -2.23. The van der Waals surface area contributed by atoms with Crippen molar-refractivity contribution in [3.05, 3.63) is 24.3 Å². The third kappa shape index (κ3) is 7.38. The molecule has 164 valence electrons. The molecule has 1 fully saturated rings. The first kappa shape index (κ1) is 23.2. The first-order valence-electron chi connectivity index (χ1n) is 9.79. The number of nitrogens with one attached hydrogen (secondary N) is 1. The third-order valence-electron chi connectivity index (χ3n) is 4.26. The SMILES string of the molecule is CN(CC(=O)NC(C)(C)C)C(=O)COC(=O)COc1ccc(N2CCCC2=O)cc1. The van der Waals surface area contributed by atoms with E-state index in [0.717, 1.165) is 12.1 Å². The van der Waals surface area contributed by atoms with Gasteiger partial charge in [-0.25, -0.2) is 4.79 Å². The molecule has 0 unspecified atom stereocenters. The molecule has 0 spiro atoms. The summed E-state index contributed by atoms with van der Waals surface area (Å²) in [5, 5.41) is 2.75. The van der Waals surface area contributed by atoms with Crippen molar-refractivity contribution in [2.45, 2.75) is 39.2 Å². The number of ether oxygens (including phenoxy) is 2. The van der Waals surface area contributed by atoms with Crippen LogP contribution < -0.4 is 15.0 Å². The number of anilines is 1. The van der Waals surface area contributed by atoms with Gasteiger partial charge in [0.1, 0.15) is 5.75 Å². The van der Waals surface area contributed by atoms with Crippen LogP contribution in [0.25, 0.3) is 0 Å². The highest BCUT2D eigenvalue weighted by molar-refractivity contribution is 5.95. The highest BCUT2D eigenvalue weighted by Gasteiger charge is 2.22. The molecular formula is C21H29N3O6. The van der Waals surface area contributed by atoms with Crippen molar-refractivity contribution in [2.24, 2.45) is 0 Å². The third-order valence-corrected chi connectivity index (χ3v) is 4.26. The van der Waals surface area contributed by atoms with Crippen LogP contribution in [-0.2, 0) is 23.9 Å². The Kier molecular flexibility index (Phi) is 7.79. The quantitative estimate of drug-likeness (QED) is 0.633. The van der Waals surface area contributed by atoms with Crippen LogP contribution in [0.3, 0.4) is 0 Å². The second kappa shape index (κ2) is 10.1. The molecule has 2 rings (SSSR count).